The van der Waals surface area contributed by atoms with E-state index in [1.165, 1.54) is 35.1 Å². The monoisotopic (exact) mass is 827 g/mol. The van der Waals surface area contributed by atoms with E-state index < -0.39 is 52.6 Å². The number of hydrogen-bond acceptors (Lipinski definition) is 13. The van der Waals surface area contributed by atoms with Crippen LogP contribution in [0.3, 0.4) is 0 Å². The number of oxime groups is 1. The largest absolute Gasteiger partial charge is 0.459 e. The van der Waals surface area contributed by atoms with Crippen molar-refractivity contribution in [3.63, 3.8) is 0 Å². The second-order valence-electron chi connectivity index (χ2n) is 15.2. The molecule has 1 fully saturated rings. The van der Waals surface area contributed by atoms with E-state index in [-0.39, 0.29) is 22.9 Å². The number of nitrogens with zero attached hydrogens (tertiary/aromatic N) is 3. The molecule has 15 heteroatoms. The summed E-state index contributed by atoms with van der Waals surface area (Å²) in [5.41, 5.74) is 0.701. The average Bonchev–Trinajstić information content (AvgIpc) is 3.64. The maximum Gasteiger partial charge on any atom is 0.357 e. The summed E-state index contributed by atoms with van der Waals surface area (Å²) in [4.78, 5) is 65.2. The van der Waals surface area contributed by atoms with Gasteiger partial charge in [0.15, 0.2) is 16.5 Å². The molecule has 3 heterocycles. The minimum atomic E-state index is -0.972. The molecule has 57 heavy (non-hydrogen) atoms. The van der Waals surface area contributed by atoms with Crippen molar-refractivity contribution >= 4 is 69.5 Å². The van der Waals surface area contributed by atoms with Crippen LogP contribution in [0.5, 0.6) is 0 Å². The number of rotatable bonds is 13. The number of benzene rings is 3. The number of esters is 2. The normalized spacial score (nSPS) is 17.3. The molecule has 2 amide bonds. The summed E-state index contributed by atoms with van der Waals surface area (Å²) < 4.78 is 11.6. The van der Waals surface area contributed by atoms with Crippen LogP contribution in [-0.4, -0.2) is 81.2 Å². The van der Waals surface area contributed by atoms with E-state index in [4.69, 9.17) is 19.3 Å². The first-order valence-electron chi connectivity index (χ1n) is 18.2. The molecule has 2 atom stereocenters. The zero-order valence-electron chi connectivity index (χ0n) is 32.7. The molecule has 0 spiro atoms. The summed E-state index contributed by atoms with van der Waals surface area (Å²) in [6.45, 7) is 10.5. The fourth-order valence-electron chi connectivity index (χ4n) is 6.48. The Morgan fingerprint density at radius 1 is 0.860 bits per heavy atom. The smallest absolute Gasteiger partial charge is 0.357 e. The minimum absolute atomic E-state index is 0.0370. The Labute approximate surface area is 344 Å². The van der Waals surface area contributed by atoms with Gasteiger partial charge in [0.1, 0.15) is 35.6 Å². The van der Waals surface area contributed by atoms with E-state index in [0.29, 0.717) is 15.1 Å². The first-order valence-corrected chi connectivity index (χ1v) is 21.1. The van der Waals surface area contributed by atoms with E-state index in [1.54, 1.807) is 46.9 Å². The number of aromatic nitrogens is 1. The van der Waals surface area contributed by atoms with Crippen LogP contribution in [-0.2, 0) is 39.0 Å². The molecule has 0 aliphatic carbocycles. The molecule has 1 saturated heterocycles. The van der Waals surface area contributed by atoms with Crippen LogP contribution in [0, 0.1) is 0 Å². The van der Waals surface area contributed by atoms with Crippen molar-refractivity contribution in [2.45, 2.75) is 70.4 Å². The van der Waals surface area contributed by atoms with Crippen LogP contribution in [0.1, 0.15) is 63.9 Å². The second kappa shape index (κ2) is 17.2. The Hall–Kier alpha value is -5.12. The molecule has 2 N–H and O–H groups in total. The van der Waals surface area contributed by atoms with Gasteiger partial charge in [-0.05, 0) is 58.2 Å². The first-order chi connectivity index (χ1) is 27.1. The predicted octanol–water partition coefficient (Wildman–Crippen LogP) is 6.93. The van der Waals surface area contributed by atoms with Crippen LogP contribution >= 0.6 is 34.9 Å². The topological polar surface area (TPSA) is 149 Å². The highest BCUT2D eigenvalue weighted by Crippen LogP contribution is 2.45. The number of fused-ring (bicyclic) bond motifs is 1. The maximum absolute atomic E-state index is 14.0. The number of amides is 2. The van der Waals surface area contributed by atoms with Gasteiger partial charge in [-0.2, -0.15) is 0 Å². The van der Waals surface area contributed by atoms with Gasteiger partial charge in [-0.1, -0.05) is 96.2 Å². The quantitative estimate of drug-likeness (QED) is 0.0476. The molecule has 0 bridgehead atoms. The maximum atomic E-state index is 14.0. The zero-order valence-corrected chi connectivity index (χ0v) is 35.2. The van der Waals surface area contributed by atoms with Crippen molar-refractivity contribution < 1.29 is 33.5 Å². The van der Waals surface area contributed by atoms with Gasteiger partial charge in [0.2, 0.25) is 0 Å². The number of carbonyl (C=O) groups excluding carboxylic acids is 4. The van der Waals surface area contributed by atoms with Crippen molar-refractivity contribution in [3.05, 3.63) is 129 Å². The van der Waals surface area contributed by atoms with Crippen molar-refractivity contribution in [2.75, 3.05) is 23.9 Å². The Balaban J connectivity index is 1.25. The molecule has 12 nitrogen and oxygen atoms in total. The Bertz CT molecular complexity index is 2070. The number of nitrogens with one attached hydrogen (secondary N) is 2. The van der Waals surface area contributed by atoms with E-state index in [0.717, 1.165) is 28.5 Å². The van der Waals surface area contributed by atoms with Gasteiger partial charge in [-0.15, -0.1) is 34.9 Å². The number of ether oxygens (including phenoxy) is 2. The highest BCUT2D eigenvalue weighted by molar-refractivity contribution is 8.22. The fourth-order valence-corrected chi connectivity index (χ4v) is 9.55. The molecule has 4 aromatic rings. The molecule has 0 radical (unpaired) electrons. The van der Waals surface area contributed by atoms with E-state index >= 15 is 0 Å². The lowest BCUT2D eigenvalue weighted by Crippen LogP contribution is -2.73. The summed E-state index contributed by atoms with van der Waals surface area (Å²) in [6, 6.07) is 28.6. The number of thioether (sulfide) groups is 2. The number of hydrogen-bond donors (Lipinski definition) is 2. The summed E-state index contributed by atoms with van der Waals surface area (Å²) in [6.07, 6.45) is 0. The Morgan fingerprint density at radius 3 is 1.91 bits per heavy atom. The molecule has 2 unspecified atom stereocenters. The average molecular weight is 828 g/mol. The third-order valence-electron chi connectivity index (χ3n) is 8.72. The molecular formula is C42H45N5O7S3. The van der Waals surface area contributed by atoms with Crippen LogP contribution in [0.2, 0.25) is 0 Å². The van der Waals surface area contributed by atoms with Gasteiger partial charge in [-0.25, -0.2) is 9.78 Å². The fraction of sp³-hybridized carbons (Fsp3) is 0.333. The van der Waals surface area contributed by atoms with Gasteiger partial charge in [-0.3, -0.25) is 19.3 Å². The summed E-state index contributed by atoms with van der Waals surface area (Å²) >= 11 is 3.72. The zero-order chi connectivity index (χ0) is 41.0. The Kier molecular flexibility index (Phi) is 12.5. The van der Waals surface area contributed by atoms with Crippen LogP contribution < -0.4 is 10.6 Å². The lowest BCUT2D eigenvalue weighted by atomic mass is 9.77. The van der Waals surface area contributed by atoms with Crippen LogP contribution in [0.4, 0.5) is 5.13 Å². The standard InChI is InChI=1S/C42H45N5O7S3/c1-40(2,3)53-31(48)25-56-38-34(37(51)54-41(4,5)6)47-30(24-55-38)33(36(47)50)44-35(49)32(46-52-7)29-23-57-39(43-29)45-42(26-17-11-8-12-18-26,27-19-13-9-14-20-27)28-21-15-10-16-22-28/h8-23,30,33H,24-25H2,1-7H3,(H,43,45)(H,44,49). The third-order valence-corrected chi connectivity index (χ3v) is 12.0. The number of carbonyl (C=O) groups is 4. The first kappa shape index (κ1) is 41.5. The second-order valence-corrected chi connectivity index (χ2v) is 18.3. The molecule has 3 aromatic carbocycles. The van der Waals surface area contributed by atoms with Gasteiger partial charge in [0, 0.05) is 11.1 Å². The highest BCUT2D eigenvalue weighted by atomic mass is 32.2. The van der Waals surface area contributed by atoms with Crippen molar-refractivity contribution in [1.29, 1.82) is 0 Å². The molecule has 6 rings (SSSR count). The van der Waals surface area contributed by atoms with Crippen LogP contribution in [0.15, 0.2) is 111 Å². The van der Waals surface area contributed by atoms with E-state index in [2.05, 4.69) is 52.2 Å². The lowest BCUT2D eigenvalue weighted by Gasteiger charge is -2.50. The van der Waals surface area contributed by atoms with E-state index in [1.807, 2.05) is 54.6 Å². The Morgan fingerprint density at radius 2 is 1.40 bits per heavy atom. The molecule has 1 aromatic heterocycles. The SMILES string of the molecule is CON=C(C(=O)NC1C(=O)N2C(C(=O)OC(C)(C)C)=C(SCC(=O)OC(C)(C)C)SCC12)c1csc(NC(c2ccccc2)(c2ccccc2)c2ccccc2)n1. The number of β-lactam (4-membered cyclic amide) rings is 1. The molecule has 298 valence electrons. The summed E-state index contributed by atoms with van der Waals surface area (Å²) in [5.74, 6) is -2.05. The predicted molar refractivity (Wildman–Crippen MR) is 225 cm³/mol. The van der Waals surface area contributed by atoms with Crippen molar-refractivity contribution in [3.8, 4) is 0 Å². The molecule has 0 saturated carbocycles. The van der Waals surface area contributed by atoms with Crippen molar-refractivity contribution in [1.82, 2.24) is 15.2 Å². The minimum Gasteiger partial charge on any atom is -0.459 e. The summed E-state index contributed by atoms with van der Waals surface area (Å²) in [5, 5.41) is 12.8. The summed E-state index contributed by atoms with van der Waals surface area (Å²) in [7, 11) is 1.33. The van der Waals surface area contributed by atoms with Crippen LogP contribution in [0.25, 0.3) is 0 Å². The number of thiazole rings is 1. The van der Waals surface area contributed by atoms with Crippen molar-refractivity contribution in [2.24, 2.45) is 5.16 Å². The number of anilines is 1. The van der Waals surface area contributed by atoms with Gasteiger partial charge in [0.05, 0.1) is 16.0 Å². The van der Waals surface area contributed by atoms with Gasteiger partial charge in [0.25, 0.3) is 11.8 Å². The molecule has 2 aliphatic rings. The lowest BCUT2D eigenvalue weighted by molar-refractivity contribution is -0.160. The molecule has 2 aliphatic heterocycles. The van der Waals surface area contributed by atoms with E-state index in [9.17, 15) is 19.2 Å². The molecular weight excluding hydrogens is 783 g/mol. The highest BCUT2D eigenvalue weighted by Gasteiger charge is 2.55. The van der Waals surface area contributed by atoms with Gasteiger partial charge >= 0.3 is 11.9 Å². The van der Waals surface area contributed by atoms with Gasteiger partial charge < -0.3 is 24.9 Å². The third kappa shape index (κ3) is 9.37.